The number of benzene rings is 1. The van der Waals surface area contributed by atoms with Crippen molar-refractivity contribution >= 4 is 29.7 Å². The average molecular weight is 324 g/mol. The summed E-state index contributed by atoms with van der Waals surface area (Å²) in [5.41, 5.74) is 1.41. The lowest BCUT2D eigenvalue weighted by Gasteiger charge is -2.20. The molecule has 1 aromatic carbocycles. The van der Waals surface area contributed by atoms with Crippen LogP contribution >= 0.6 is 0 Å². The summed E-state index contributed by atoms with van der Waals surface area (Å²) in [6, 6.07) is 11.0. The Bertz CT molecular complexity index is 732. The van der Waals surface area contributed by atoms with Crippen molar-refractivity contribution < 1.29 is 9.90 Å². The predicted octanol–water partition coefficient (Wildman–Crippen LogP) is 2.73. The van der Waals surface area contributed by atoms with E-state index in [2.05, 4.69) is 15.2 Å². The van der Waals surface area contributed by atoms with Crippen molar-refractivity contribution in [3.63, 3.8) is 0 Å². The van der Waals surface area contributed by atoms with Gasteiger partial charge in [0.15, 0.2) is 5.82 Å². The molecule has 2 aromatic rings. The van der Waals surface area contributed by atoms with Gasteiger partial charge in [-0.2, -0.15) is 5.10 Å². The molecule has 0 atom stereocenters. The summed E-state index contributed by atoms with van der Waals surface area (Å²) in [5.74, 6) is 0.319. The molecule has 2 rings (SSSR count). The first kappa shape index (κ1) is 17.4. The van der Waals surface area contributed by atoms with E-state index in [4.69, 9.17) is 0 Å². The Morgan fingerprint density at radius 3 is 2.88 bits per heavy atom. The predicted molar refractivity (Wildman–Crippen MR) is 96.5 cm³/mol. The SMILES string of the molecule is C/C=C\C=Nc1cc(/C=C/C(=O)N(CCO)c2ccccc2)[nH]n1. The number of rotatable bonds is 7. The standard InChI is InChI=1S/C18H20N4O2/c1-2-3-11-19-17-14-15(20-21-17)9-10-18(24)22(12-13-23)16-7-5-4-6-8-16/h2-11,14,23H,12-13H2,1H3,(H,20,21)/b3-2-,10-9+,19-11?. The Labute approximate surface area is 140 Å². The van der Waals surface area contributed by atoms with E-state index in [0.717, 1.165) is 5.69 Å². The number of carbonyl (C=O) groups is 1. The molecule has 1 amide bonds. The van der Waals surface area contributed by atoms with Crippen LogP contribution in [0.15, 0.2) is 59.6 Å². The smallest absolute Gasteiger partial charge is 0.251 e. The maximum Gasteiger partial charge on any atom is 0.251 e. The Balaban J connectivity index is 2.07. The molecular weight excluding hydrogens is 304 g/mol. The van der Waals surface area contributed by atoms with E-state index < -0.39 is 0 Å². The minimum absolute atomic E-state index is 0.109. The molecule has 1 aromatic heterocycles. The van der Waals surface area contributed by atoms with E-state index in [1.54, 1.807) is 24.4 Å². The minimum Gasteiger partial charge on any atom is -0.395 e. The van der Waals surface area contributed by atoms with Crippen molar-refractivity contribution in [1.82, 2.24) is 10.2 Å². The minimum atomic E-state index is -0.219. The first-order valence-corrected chi connectivity index (χ1v) is 7.61. The summed E-state index contributed by atoms with van der Waals surface area (Å²) in [6.07, 6.45) is 8.40. The van der Waals surface area contributed by atoms with Gasteiger partial charge < -0.3 is 10.0 Å². The van der Waals surface area contributed by atoms with Crippen LogP contribution in [0.5, 0.6) is 0 Å². The highest BCUT2D eigenvalue weighted by atomic mass is 16.3. The molecule has 0 unspecified atom stereocenters. The van der Waals surface area contributed by atoms with Gasteiger partial charge in [0.05, 0.1) is 12.3 Å². The molecule has 0 saturated carbocycles. The second-order valence-electron chi connectivity index (χ2n) is 4.87. The van der Waals surface area contributed by atoms with Crippen LogP contribution in [-0.4, -0.2) is 40.6 Å². The van der Waals surface area contributed by atoms with Crippen molar-refractivity contribution in [3.8, 4) is 0 Å². The number of nitrogens with one attached hydrogen (secondary N) is 1. The third-order valence-electron chi connectivity index (χ3n) is 3.13. The van der Waals surface area contributed by atoms with Gasteiger partial charge in [-0.1, -0.05) is 24.3 Å². The summed E-state index contributed by atoms with van der Waals surface area (Å²) >= 11 is 0. The number of aromatic nitrogens is 2. The molecular formula is C18H20N4O2. The number of nitrogens with zero attached hydrogens (tertiary/aromatic N) is 3. The second-order valence-corrected chi connectivity index (χ2v) is 4.87. The number of allylic oxidation sites excluding steroid dienone is 2. The van der Waals surface area contributed by atoms with Gasteiger partial charge in [-0.15, -0.1) is 0 Å². The van der Waals surface area contributed by atoms with Crippen molar-refractivity contribution in [3.05, 3.63) is 60.3 Å². The highest BCUT2D eigenvalue weighted by Crippen LogP contribution is 2.14. The number of aromatic amines is 1. The average Bonchev–Trinajstić information content (AvgIpc) is 3.06. The molecule has 124 valence electrons. The summed E-state index contributed by atoms with van der Waals surface area (Å²) in [6.45, 7) is 2.03. The number of aliphatic imine (C=N–C) groups is 1. The second kappa shape index (κ2) is 9.22. The monoisotopic (exact) mass is 324 g/mol. The van der Waals surface area contributed by atoms with E-state index in [9.17, 15) is 9.90 Å². The summed E-state index contributed by atoms with van der Waals surface area (Å²) in [5, 5.41) is 16.0. The molecule has 0 fully saturated rings. The summed E-state index contributed by atoms with van der Waals surface area (Å²) in [4.78, 5) is 18.0. The number of carbonyl (C=O) groups excluding carboxylic acids is 1. The van der Waals surface area contributed by atoms with E-state index in [-0.39, 0.29) is 19.1 Å². The van der Waals surface area contributed by atoms with Crippen molar-refractivity contribution in [2.75, 3.05) is 18.1 Å². The molecule has 0 saturated heterocycles. The van der Waals surface area contributed by atoms with E-state index in [1.165, 1.54) is 11.0 Å². The Morgan fingerprint density at radius 2 is 2.17 bits per heavy atom. The van der Waals surface area contributed by atoms with Crippen LogP contribution in [-0.2, 0) is 4.79 Å². The van der Waals surface area contributed by atoms with Crippen LogP contribution in [0, 0.1) is 0 Å². The molecule has 6 heteroatoms. The van der Waals surface area contributed by atoms with E-state index in [1.807, 2.05) is 43.3 Å². The largest absolute Gasteiger partial charge is 0.395 e. The lowest BCUT2D eigenvalue weighted by Crippen LogP contribution is -2.32. The maximum atomic E-state index is 12.4. The molecule has 0 aliphatic carbocycles. The number of hydrogen-bond donors (Lipinski definition) is 2. The molecule has 0 radical (unpaired) electrons. The number of amides is 1. The lowest BCUT2D eigenvalue weighted by molar-refractivity contribution is -0.114. The van der Waals surface area contributed by atoms with Crippen LogP contribution in [0.4, 0.5) is 11.5 Å². The zero-order valence-corrected chi connectivity index (χ0v) is 13.5. The van der Waals surface area contributed by atoms with Crippen molar-refractivity contribution in [2.24, 2.45) is 4.99 Å². The van der Waals surface area contributed by atoms with E-state index in [0.29, 0.717) is 11.5 Å². The topological polar surface area (TPSA) is 81.6 Å². The van der Waals surface area contributed by atoms with Crippen LogP contribution in [0.1, 0.15) is 12.6 Å². The maximum absolute atomic E-state index is 12.4. The molecule has 1 heterocycles. The number of para-hydroxylation sites is 1. The quantitative estimate of drug-likeness (QED) is 0.607. The number of H-pyrrole nitrogens is 1. The van der Waals surface area contributed by atoms with Crippen molar-refractivity contribution in [2.45, 2.75) is 6.92 Å². The fourth-order valence-electron chi connectivity index (χ4n) is 2.01. The molecule has 24 heavy (non-hydrogen) atoms. The first-order chi connectivity index (χ1) is 11.7. The highest BCUT2D eigenvalue weighted by Gasteiger charge is 2.12. The van der Waals surface area contributed by atoms with Gasteiger partial charge in [0.1, 0.15) is 0 Å². The van der Waals surface area contributed by atoms with Crippen molar-refractivity contribution in [1.29, 1.82) is 0 Å². The van der Waals surface area contributed by atoms with Gasteiger partial charge in [-0.25, -0.2) is 4.99 Å². The van der Waals surface area contributed by atoms with Gasteiger partial charge >= 0.3 is 0 Å². The van der Waals surface area contributed by atoms with Gasteiger partial charge in [-0.3, -0.25) is 9.89 Å². The molecule has 0 aliphatic heterocycles. The lowest BCUT2D eigenvalue weighted by atomic mass is 10.2. The van der Waals surface area contributed by atoms with Crippen LogP contribution in [0.25, 0.3) is 6.08 Å². The summed E-state index contributed by atoms with van der Waals surface area (Å²) in [7, 11) is 0. The normalized spacial score (nSPS) is 11.8. The molecule has 0 bridgehead atoms. The Hall–Kier alpha value is -2.99. The van der Waals surface area contributed by atoms with Gasteiger partial charge in [0.2, 0.25) is 0 Å². The number of aliphatic hydroxyl groups is 1. The number of aliphatic hydroxyl groups excluding tert-OH is 1. The fourth-order valence-corrected chi connectivity index (χ4v) is 2.01. The Kier molecular flexibility index (Phi) is 6.67. The fraction of sp³-hybridized carbons (Fsp3) is 0.167. The van der Waals surface area contributed by atoms with Gasteiger partial charge in [0, 0.05) is 30.6 Å². The molecule has 0 spiro atoms. The zero-order valence-electron chi connectivity index (χ0n) is 13.5. The van der Waals surface area contributed by atoms with Crippen LogP contribution in [0.2, 0.25) is 0 Å². The number of anilines is 1. The van der Waals surface area contributed by atoms with Gasteiger partial charge in [0.25, 0.3) is 5.91 Å². The zero-order chi connectivity index (χ0) is 17.2. The molecule has 0 aliphatic rings. The Morgan fingerprint density at radius 1 is 1.38 bits per heavy atom. The third-order valence-corrected chi connectivity index (χ3v) is 3.13. The number of hydrogen-bond acceptors (Lipinski definition) is 4. The van der Waals surface area contributed by atoms with Gasteiger partial charge in [-0.05, 0) is 31.2 Å². The molecule has 6 nitrogen and oxygen atoms in total. The first-order valence-electron chi connectivity index (χ1n) is 7.61. The van der Waals surface area contributed by atoms with Crippen LogP contribution in [0.3, 0.4) is 0 Å². The van der Waals surface area contributed by atoms with Crippen LogP contribution < -0.4 is 4.90 Å². The third kappa shape index (κ3) is 5.03. The molecule has 2 N–H and O–H groups in total. The summed E-state index contributed by atoms with van der Waals surface area (Å²) < 4.78 is 0. The van der Waals surface area contributed by atoms with E-state index >= 15 is 0 Å². The highest BCUT2D eigenvalue weighted by molar-refractivity contribution is 6.03.